The zero-order valence-electron chi connectivity index (χ0n) is 14.0. The van der Waals surface area contributed by atoms with Gasteiger partial charge < -0.3 is 19.9 Å². The molecule has 2 aromatic rings. The van der Waals surface area contributed by atoms with Crippen molar-refractivity contribution in [1.82, 2.24) is 10.5 Å². The van der Waals surface area contributed by atoms with Crippen molar-refractivity contribution in [3.05, 3.63) is 47.3 Å². The fourth-order valence-corrected chi connectivity index (χ4v) is 2.65. The molecule has 1 aromatic carbocycles. The number of aryl methyl sites for hydroxylation is 1. The average Bonchev–Trinajstić information content (AvgIpc) is 3.38. The predicted molar refractivity (Wildman–Crippen MR) is 91.0 cm³/mol. The van der Waals surface area contributed by atoms with Gasteiger partial charge in [-0.25, -0.2) is 4.79 Å². The summed E-state index contributed by atoms with van der Waals surface area (Å²) < 4.78 is 11.1. The summed E-state index contributed by atoms with van der Waals surface area (Å²) in [6, 6.07) is 9.60. The topological polar surface area (TPSA) is 76.4 Å². The van der Waals surface area contributed by atoms with Crippen molar-refractivity contribution >= 4 is 11.7 Å². The summed E-state index contributed by atoms with van der Waals surface area (Å²) in [5, 5.41) is 9.70. The highest BCUT2D eigenvalue weighted by molar-refractivity contribution is 5.90. The molecule has 0 bridgehead atoms. The smallest absolute Gasteiger partial charge is 0.319 e. The predicted octanol–water partition coefficient (Wildman–Crippen LogP) is 3.76. The second-order valence-electron chi connectivity index (χ2n) is 5.97. The lowest BCUT2D eigenvalue weighted by molar-refractivity contribution is 0.0643. The van der Waals surface area contributed by atoms with Gasteiger partial charge in [0.2, 0.25) is 0 Å². The van der Waals surface area contributed by atoms with Crippen LogP contribution in [-0.4, -0.2) is 24.3 Å². The van der Waals surface area contributed by atoms with Gasteiger partial charge in [0, 0.05) is 19.1 Å². The van der Waals surface area contributed by atoms with Crippen LogP contribution in [0, 0.1) is 6.92 Å². The highest BCUT2D eigenvalue weighted by atomic mass is 16.5. The van der Waals surface area contributed by atoms with Crippen molar-refractivity contribution in [2.24, 2.45) is 0 Å². The normalized spacial score (nSPS) is 15.1. The number of carbonyl (C=O) groups is 1. The molecule has 6 heteroatoms. The molecule has 1 unspecified atom stereocenters. The van der Waals surface area contributed by atoms with Crippen LogP contribution in [0.3, 0.4) is 0 Å². The number of ether oxygens (including phenoxy) is 1. The van der Waals surface area contributed by atoms with Gasteiger partial charge in [-0.05, 0) is 32.3 Å². The highest BCUT2D eigenvalue weighted by Crippen LogP contribution is 2.44. The molecular formula is C18H23N3O3. The molecule has 24 heavy (non-hydrogen) atoms. The molecule has 0 radical (unpaired) electrons. The van der Waals surface area contributed by atoms with Crippen LogP contribution in [0.4, 0.5) is 10.5 Å². The Morgan fingerprint density at radius 3 is 2.79 bits per heavy atom. The second-order valence-corrected chi connectivity index (χ2v) is 5.97. The molecule has 0 saturated heterocycles. The molecule has 6 nitrogen and oxygen atoms in total. The first-order valence-corrected chi connectivity index (χ1v) is 8.36. The van der Waals surface area contributed by atoms with Gasteiger partial charge >= 0.3 is 6.03 Å². The molecule has 1 fully saturated rings. The minimum Gasteiger partial charge on any atom is -0.372 e. The first-order chi connectivity index (χ1) is 11.7. The Kier molecular flexibility index (Phi) is 5.15. The van der Waals surface area contributed by atoms with Crippen molar-refractivity contribution in [2.45, 2.75) is 38.7 Å². The Balaban J connectivity index is 1.59. The van der Waals surface area contributed by atoms with Crippen LogP contribution in [-0.2, 0) is 4.74 Å². The van der Waals surface area contributed by atoms with E-state index in [9.17, 15) is 4.79 Å². The maximum Gasteiger partial charge on any atom is 0.319 e. The molecule has 1 aromatic heterocycles. The average molecular weight is 329 g/mol. The van der Waals surface area contributed by atoms with E-state index in [0.717, 1.165) is 24.2 Å². The molecule has 1 aliphatic carbocycles. The number of aromatic nitrogens is 1. The van der Waals surface area contributed by atoms with Crippen molar-refractivity contribution in [2.75, 3.05) is 18.5 Å². The van der Waals surface area contributed by atoms with Crippen LogP contribution in [0.1, 0.15) is 48.8 Å². The standard InChI is InChI=1S/C18H23N3O3/c1-3-23-15(13-7-5-4-6-8-13)11-19-18(22)20-16-12(2)21-24-17(16)14-9-10-14/h4-8,14-15H,3,9-11H2,1-2H3,(H2,19,20,22). The van der Waals surface area contributed by atoms with E-state index in [1.54, 1.807) is 0 Å². The summed E-state index contributed by atoms with van der Waals surface area (Å²) in [7, 11) is 0. The van der Waals surface area contributed by atoms with E-state index in [0.29, 0.717) is 30.5 Å². The third-order valence-electron chi connectivity index (χ3n) is 4.06. The Bertz CT molecular complexity index is 680. The number of benzene rings is 1. The van der Waals surface area contributed by atoms with Crippen LogP contribution in [0.25, 0.3) is 0 Å². The lowest BCUT2D eigenvalue weighted by Crippen LogP contribution is -2.33. The van der Waals surface area contributed by atoms with Gasteiger partial charge in [-0.15, -0.1) is 0 Å². The molecular weight excluding hydrogens is 306 g/mol. The summed E-state index contributed by atoms with van der Waals surface area (Å²) in [6.45, 7) is 4.75. The molecule has 3 rings (SSSR count). The lowest BCUT2D eigenvalue weighted by Gasteiger charge is -2.18. The Labute approximate surface area is 141 Å². The monoisotopic (exact) mass is 329 g/mol. The molecule has 1 heterocycles. The minimum atomic E-state index is -0.274. The van der Waals surface area contributed by atoms with E-state index in [2.05, 4.69) is 15.8 Å². The van der Waals surface area contributed by atoms with Gasteiger partial charge in [0.25, 0.3) is 0 Å². The number of hydrogen-bond acceptors (Lipinski definition) is 4. The largest absolute Gasteiger partial charge is 0.372 e. The zero-order valence-corrected chi connectivity index (χ0v) is 14.0. The van der Waals surface area contributed by atoms with Crippen LogP contribution in [0.15, 0.2) is 34.9 Å². The number of nitrogens with zero attached hydrogens (tertiary/aromatic N) is 1. The third kappa shape index (κ3) is 3.94. The van der Waals surface area contributed by atoms with Gasteiger partial charge in [0.15, 0.2) is 5.76 Å². The van der Waals surface area contributed by atoms with E-state index in [4.69, 9.17) is 9.26 Å². The SMILES string of the molecule is CCOC(CNC(=O)Nc1c(C)noc1C1CC1)c1ccccc1. The van der Waals surface area contributed by atoms with E-state index >= 15 is 0 Å². The van der Waals surface area contributed by atoms with E-state index in [1.165, 1.54) is 0 Å². The Morgan fingerprint density at radius 1 is 1.38 bits per heavy atom. The quantitative estimate of drug-likeness (QED) is 0.811. The summed E-state index contributed by atoms with van der Waals surface area (Å²) in [6.07, 6.45) is 2.00. The lowest BCUT2D eigenvalue weighted by atomic mass is 10.1. The van der Waals surface area contributed by atoms with Crippen LogP contribution in [0.2, 0.25) is 0 Å². The number of urea groups is 1. The second kappa shape index (κ2) is 7.49. The Hall–Kier alpha value is -2.34. The van der Waals surface area contributed by atoms with Gasteiger partial charge in [-0.2, -0.15) is 0 Å². The molecule has 1 atom stereocenters. The molecule has 0 aliphatic heterocycles. The van der Waals surface area contributed by atoms with Gasteiger partial charge in [0.1, 0.15) is 11.4 Å². The van der Waals surface area contributed by atoms with Crippen molar-refractivity contribution in [1.29, 1.82) is 0 Å². The van der Waals surface area contributed by atoms with Gasteiger partial charge in [0.05, 0.1) is 6.10 Å². The maximum absolute atomic E-state index is 12.3. The first-order valence-electron chi connectivity index (χ1n) is 8.36. The van der Waals surface area contributed by atoms with Crippen LogP contribution >= 0.6 is 0 Å². The summed E-state index contributed by atoms with van der Waals surface area (Å²) in [5.74, 6) is 1.18. The summed E-state index contributed by atoms with van der Waals surface area (Å²) >= 11 is 0. The number of hydrogen-bond donors (Lipinski definition) is 2. The first kappa shape index (κ1) is 16.5. The minimum absolute atomic E-state index is 0.173. The molecule has 2 amide bonds. The number of amides is 2. The van der Waals surface area contributed by atoms with Crippen molar-refractivity contribution in [3.63, 3.8) is 0 Å². The fourth-order valence-electron chi connectivity index (χ4n) is 2.65. The highest BCUT2D eigenvalue weighted by Gasteiger charge is 2.32. The summed E-state index contributed by atoms with van der Waals surface area (Å²) in [4.78, 5) is 12.3. The molecule has 128 valence electrons. The third-order valence-corrected chi connectivity index (χ3v) is 4.06. The van der Waals surface area contributed by atoms with E-state index < -0.39 is 0 Å². The van der Waals surface area contributed by atoms with E-state index in [-0.39, 0.29) is 12.1 Å². The number of anilines is 1. The molecule has 0 spiro atoms. The number of nitrogens with one attached hydrogen (secondary N) is 2. The van der Waals surface area contributed by atoms with E-state index in [1.807, 2.05) is 44.2 Å². The van der Waals surface area contributed by atoms with Crippen molar-refractivity contribution in [3.8, 4) is 0 Å². The maximum atomic E-state index is 12.3. The van der Waals surface area contributed by atoms with Gasteiger partial charge in [-0.1, -0.05) is 35.5 Å². The summed E-state index contributed by atoms with van der Waals surface area (Å²) in [5.41, 5.74) is 2.44. The molecule has 1 saturated carbocycles. The Morgan fingerprint density at radius 2 is 2.12 bits per heavy atom. The van der Waals surface area contributed by atoms with Crippen LogP contribution in [0.5, 0.6) is 0 Å². The van der Waals surface area contributed by atoms with Crippen molar-refractivity contribution < 1.29 is 14.1 Å². The number of rotatable bonds is 7. The van der Waals surface area contributed by atoms with Crippen LogP contribution < -0.4 is 10.6 Å². The number of carbonyl (C=O) groups excluding carboxylic acids is 1. The van der Waals surface area contributed by atoms with Gasteiger partial charge in [-0.3, -0.25) is 0 Å². The molecule has 2 N–H and O–H groups in total. The zero-order chi connectivity index (χ0) is 16.9. The fraction of sp³-hybridized carbons (Fsp3) is 0.444. The molecule has 1 aliphatic rings.